The van der Waals surface area contributed by atoms with Gasteiger partial charge >= 0.3 is 0 Å². The number of nitrogens with two attached hydrogens (primary N) is 1. The summed E-state index contributed by atoms with van der Waals surface area (Å²) in [6, 6.07) is 3.13. The second-order valence-corrected chi connectivity index (χ2v) is 2.47. The molecule has 13 heavy (non-hydrogen) atoms. The highest BCUT2D eigenvalue weighted by atomic mass is 16.1. The summed E-state index contributed by atoms with van der Waals surface area (Å²) in [5, 5.41) is 2.64. The molecule has 1 amide bonds. The first-order valence-corrected chi connectivity index (χ1v) is 3.84. The largest absolute Gasteiger partial charge is 0.384 e. The summed E-state index contributed by atoms with van der Waals surface area (Å²) in [4.78, 5) is 15.1. The zero-order chi connectivity index (χ0) is 9.68. The minimum atomic E-state index is -0.172. The van der Waals surface area contributed by atoms with Crippen LogP contribution in [0.25, 0.3) is 0 Å². The van der Waals surface area contributed by atoms with Crippen molar-refractivity contribution in [2.45, 2.75) is 0 Å². The van der Waals surface area contributed by atoms with Crippen molar-refractivity contribution in [3.05, 3.63) is 36.5 Å². The highest BCUT2D eigenvalue weighted by Gasteiger charge is 2.03. The first-order valence-electron chi connectivity index (χ1n) is 3.84. The van der Waals surface area contributed by atoms with Crippen molar-refractivity contribution < 1.29 is 4.79 Å². The van der Waals surface area contributed by atoms with Gasteiger partial charge in [0.1, 0.15) is 5.82 Å². The van der Waals surface area contributed by atoms with Crippen LogP contribution in [-0.4, -0.2) is 17.4 Å². The summed E-state index contributed by atoms with van der Waals surface area (Å²) in [5.74, 6) is 0.167. The SMILES string of the molecule is C=CCNC(=O)c1ccnc(N)c1. The minimum Gasteiger partial charge on any atom is -0.384 e. The molecule has 0 unspecified atom stereocenters. The van der Waals surface area contributed by atoms with Crippen LogP contribution < -0.4 is 11.1 Å². The Morgan fingerprint density at radius 3 is 3.15 bits per heavy atom. The summed E-state index contributed by atoms with van der Waals surface area (Å²) >= 11 is 0. The average molecular weight is 177 g/mol. The first kappa shape index (κ1) is 9.25. The van der Waals surface area contributed by atoms with Crippen LogP contribution in [0.5, 0.6) is 0 Å². The van der Waals surface area contributed by atoms with E-state index in [2.05, 4.69) is 16.9 Å². The van der Waals surface area contributed by atoms with Gasteiger partial charge in [-0.05, 0) is 12.1 Å². The van der Waals surface area contributed by atoms with Crippen LogP contribution in [0.15, 0.2) is 31.0 Å². The number of carbonyl (C=O) groups excluding carboxylic acids is 1. The van der Waals surface area contributed by atoms with Gasteiger partial charge in [-0.25, -0.2) is 4.98 Å². The molecule has 0 saturated heterocycles. The zero-order valence-electron chi connectivity index (χ0n) is 7.16. The molecule has 0 bridgehead atoms. The molecule has 4 heteroatoms. The van der Waals surface area contributed by atoms with Crippen LogP contribution in [0, 0.1) is 0 Å². The summed E-state index contributed by atoms with van der Waals surface area (Å²) in [7, 11) is 0. The maximum atomic E-state index is 11.3. The number of aromatic nitrogens is 1. The quantitative estimate of drug-likeness (QED) is 0.663. The van der Waals surface area contributed by atoms with Crippen molar-refractivity contribution in [1.82, 2.24) is 10.3 Å². The van der Waals surface area contributed by atoms with Gasteiger partial charge in [0.05, 0.1) is 0 Å². The second-order valence-electron chi connectivity index (χ2n) is 2.47. The molecule has 1 aromatic heterocycles. The minimum absolute atomic E-state index is 0.172. The average Bonchev–Trinajstić information content (AvgIpc) is 2.14. The monoisotopic (exact) mass is 177 g/mol. The molecule has 1 heterocycles. The number of carbonyl (C=O) groups is 1. The number of nitrogen functional groups attached to an aromatic ring is 1. The van der Waals surface area contributed by atoms with E-state index in [4.69, 9.17) is 5.73 Å². The number of amides is 1. The first-order chi connectivity index (χ1) is 6.24. The summed E-state index contributed by atoms with van der Waals surface area (Å²) < 4.78 is 0. The molecule has 3 N–H and O–H groups in total. The van der Waals surface area contributed by atoms with Crippen molar-refractivity contribution in [3.63, 3.8) is 0 Å². The van der Waals surface area contributed by atoms with Crippen LogP contribution in [-0.2, 0) is 0 Å². The third-order valence-electron chi connectivity index (χ3n) is 1.45. The smallest absolute Gasteiger partial charge is 0.251 e. The number of pyridine rings is 1. The van der Waals surface area contributed by atoms with Gasteiger partial charge in [-0.15, -0.1) is 6.58 Å². The second kappa shape index (κ2) is 4.25. The molecule has 1 aromatic rings. The van der Waals surface area contributed by atoms with Gasteiger partial charge in [-0.3, -0.25) is 4.79 Å². The van der Waals surface area contributed by atoms with E-state index < -0.39 is 0 Å². The lowest BCUT2D eigenvalue weighted by Crippen LogP contribution is -2.23. The van der Waals surface area contributed by atoms with Crippen LogP contribution in [0.2, 0.25) is 0 Å². The van der Waals surface area contributed by atoms with Crippen LogP contribution >= 0.6 is 0 Å². The molecule has 0 spiro atoms. The third kappa shape index (κ3) is 2.59. The number of nitrogens with one attached hydrogen (secondary N) is 1. The van der Waals surface area contributed by atoms with E-state index in [0.717, 1.165) is 0 Å². The Balaban J connectivity index is 2.71. The van der Waals surface area contributed by atoms with Gasteiger partial charge in [0.15, 0.2) is 0 Å². The van der Waals surface area contributed by atoms with Crippen molar-refractivity contribution in [2.24, 2.45) is 0 Å². The van der Waals surface area contributed by atoms with Gasteiger partial charge in [-0.2, -0.15) is 0 Å². The summed E-state index contributed by atoms with van der Waals surface area (Å²) in [6.45, 7) is 3.94. The molecule has 0 aromatic carbocycles. The summed E-state index contributed by atoms with van der Waals surface area (Å²) in [5.41, 5.74) is 5.92. The normalized spacial score (nSPS) is 9.23. The van der Waals surface area contributed by atoms with E-state index in [1.54, 1.807) is 12.1 Å². The molecular formula is C9H11N3O. The van der Waals surface area contributed by atoms with E-state index in [0.29, 0.717) is 17.9 Å². The predicted molar refractivity (Wildman–Crippen MR) is 51.2 cm³/mol. The molecule has 0 radical (unpaired) electrons. The van der Waals surface area contributed by atoms with E-state index in [1.807, 2.05) is 0 Å². The number of hydrogen-bond acceptors (Lipinski definition) is 3. The topological polar surface area (TPSA) is 68.0 Å². The van der Waals surface area contributed by atoms with Crippen LogP contribution in [0.4, 0.5) is 5.82 Å². The molecule has 0 aliphatic rings. The zero-order valence-corrected chi connectivity index (χ0v) is 7.16. The Labute approximate surface area is 76.5 Å². The maximum absolute atomic E-state index is 11.3. The van der Waals surface area contributed by atoms with Crippen molar-refractivity contribution in [1.29, 1.82) is 0 Å². The highest BCUT2D eigenvalue weighted by Crippen LogP contribution is 2.01. The fourth-order valence-electron chi connectivity index (χ4n) is 0.857. The lowest BCUT2D eigenvalue weighted by atomic mass is 10.2. The fraction of sp³-hybridized carbons (Fsp3) is 0.111. The highest BCUT2D eigenvalue weighted by molar-refractivity contribution is 5.94. The van der Waals surface area contributed by atoms with Gasteiger partial charge < -0.3 is 11.1 Å². The Hall–Kier alpha value is -1.84. The number of nitrogens with zero attached hydrogens (tertiary/aromatic N) is 1. The standard InChI is InChI=1S/C9H11N3O/c1-2-4-12-9(13)7-3-5-11-8(10)6-7/h2-3,5-6H,1,4H2,(H2,10,11)(H,12,13). The van der Waals surface area contributed by atoms with E-state index >= 15 is 0 Å². The molecule has 1 rings (SSSR count). The molecule has 68 valence electrons. The van der Waals surface area contributed by atoms with Gasteiger partial charge in [0.25, 0.3) is 5.91 Å². The van der Waals surface area contributed by atoms with E-state index in [1.165, 1.54) is 12.3 Å². The van der Waals surface area contributed by atoms with Crippen LogP contribution in [0.1, 0.15) is 10.4 Å². The van der Waals surface area contributed by atoms with Gasteiger partial charge in [-0.1, -0.05) is 6.08 Å². The molecular weight excluding hydrogens is 166 g/mol. The Bertz CT molecular complexity index is 322. The summed E-state index contributed by atoms with van der Waals surface area (Å²) in [6.07, 6.45) is 3.11. The molecule has 0 aliphatic carbocycles. The van der Waals surface area contributed by atoms with Gasteiger partial charge in [0, 0.05) is 18.3 Å². The third-order valence-corrected chi connectivity index (χ3v) is 1.45. The molecule has 0 fully saturated rings. The Morgan fingerprint density at radius 2 is 2.54 bits per heavy atom. The lowest BCUT2D eigenvalue weighted by Gasteiger charge is -2.01. The van der Waals surface area contributed by atoms with Crippen molar-refractivity contribution >= 4 is 11.7 Å². The fourth-order valence-corrected chi connectivity index (χ4v) is 0.857. The predicted octanol–water partition coefficient (Wildman–Crippen LogP) is 0.580. The molecule has 0 atom stereocenters. The van der Waals surface area contributed by atoms with Crippen LogP contribution in [0.3, 0.4) is 0 Å². The lowest BCUT2D eigenvalue weighted by molar-refractivity contribution is 0.0958. The van der Waals surface area contributed by atoms with E-state index in [-0.39, 0.29) is 5.91 Å². The Kier molecular flexibility index (Phi) is 3.03. The van der Waals surface area contributed by atoms with Crippen molar-refractivity contribution in [3.8, 4) is 0 Å². The Morgan fingerprint density at radius 1 is 1.77 bits per heavy atom. The number of anilines is 1. The molecule has 0 aliphatic heterocycles. The van der Waals surface area contributed by atoms with E-state index in [9.17, 15) is 4.79 Å². The molecule has 4 nitrogen and oxygen atoms in total. The number of rotatable bonds is 3. The number of hydrogen-bond donors (Lipinski definition) is 2. The maximum Gasteiger partial charge on any atom is 0.251 e. The molecule has 0 saturated carbocycles. The van der Waals surface area contributed by atoms with Crippen molar-refractivity contribution in [2.75, 3.05) is 12.3 Å². The van der Waals surface area contributed by atoms with Gasteiger partial charge in [0.2, 0.25) is 0 Å².